The summed E-state index contributed by atoms with van der Waals surface area (Å²) in [6, 6.07) is 10.0. The summed E-state index contributed by atoms with van der Waals surface area (Å²) in [6.07, 6.45) is 3.92. The molecule has 0 saturated heterocycles. The number of rotatable bonds is 1. The number of imidazole rings is 2. The van der Waals surface area contributed by atoms with Gasteiger partial charge in [-0.15, -0.1) is 0 Å². The Morgan fingerprint density at radius 2 is 1.90 bits per heavy atom. The number of fused-ring (bicyclic) bond motifs is 2. The van der Waals surface area contributed by atoms with Gasteiger partial charge in [-0.25, -0.2) is 9.97 Å². The van der Waals surface area contributed by atoms with Gasteiger partial charge in [0.1, 0.15) is 28.5 Å². The molecule has 0 spiro atoms. The largest absolute Gasteiger partial charge is 0.383 e. The molecule has 21 heavy (non-hydrogen) atoms. The first-order valence-corrected chi connectivity index (χ1v) is 6.83. The van der Waals surface area contributed by atoms with Crippen molar-refractivity contribution < 1.29 is 0 Å². The molecule has 104 valence electrons. The molecule has 0 amide bonds. The first-order valence-electron chi connectivity index (χ1n) is 6.83. The van der Waals surface area contributed by atoms with Gasteiger partial charge in [0.2, 0.25) is 0 Å². The molecule has 5 nitrogen and oxygen atoms in total. The lowest BCUT2D eigenvalue weighted by atomic mass is 10.2. The van der Waals surface area contributed by atoms with Crippen LogP contribution in [0.4, 0.5) is 5.82 Å². The zero-order valence-corrected chi connectivity index (χ0v) is 11.9. The van der Waals surface area contributed by atoms with Crippen LogP contribution in [0.25, 0.3) is 22.7 Å². The van der Waals surface area contributed by atoms with E-state index >= 15 is 0 Å². The molecule has 0 atom stereocenters. The normalized spacial score (nSPS) is 11.5. The number of hydrogen-bond donors (Lipinski definition) is 1. The smallest absolute Gasteiger partial charge is 0.139 e. The number of anilines is 1. The van der Waals surface area contributed by atoms with Gasteiger partial charge in [0, 0.05) is 18.1 Å². The van der Waals surface area contributed by atoms with Gasteiger partial charge in [-0.2, -0.15) is 0 Å². The molecule has 0 aliphatic heterocycles. The highest BCUT2D eigenvalue weighted by molar-refractivity contribution is 5.74. The van der Waals surface area contributed by atoms with E-state index in [1.165, 1.54) is 5.56 Å². The monoisotopic (exact) mass is 277 g/mol. The molecule has 0 aliphatic rings. The zero-order valence-electron chi connectivity index (χ0n) is 11.9. The molecular formula is C16H15N5. The second-order valence-electron chi connectivity index (χ2n) is 5.31. The molecule has 0 aliphatic carbocycles. The third-order valence-electron chi connectivity index (χ3n) is 3.69. The van der Waals surface area contributed by atoms with E-state index in [0.29, 0.717) is 5.82 Å². The number of nitrogen functional groups attached to an aromatic ring is 1. The highest BCUT2D eigenvalue weighted by Gasteiger charge is 2.15. The zero-order chi connectivity index (χ0) is 14.6. The van der Waals surface area contributed by atoms with Crippen molar-refractivity contribution in [2.45, 2.75) is 13.8 Å². The van der Waals surface area contributed by atoms with Crippen LogP contribution in [0.5, 0.6) is 0 Å². The molecule has 5 heteroatoms. The second kappa shape index (κ2) is 4.09. The Morgan fingerprint density at radius 1 is 1.05 bits per heavy atom. The van der Waals surface area contributed by atoms with Crippen LogP contribution in [0.3, 0.4) is 0 Å². The Kier molecular flexibility index (Phi) is 2.33. The van der Waals surface area contributed by atoms with E-state index in [2.05, 4.69) is 23.0 Å². The first-order chi connectivity index (χ1) is 10.1. The van der Waals surface area contributed by atoms with Crippen molar-refractivity contribution in [1.29, 1.82) is 0 Å². The van der Waals surface area contributed by atoms with Crippen molar-refractivity contribution in [3.8, 4) is 11.4 Å². The number of aromatic nitrogens is 4. The summed E-state index contributed by atoms with van der Waals surface area (Å²) in [4.78, 5) is 9.26. The lowest BCUT2D eigenvalue weighted by Gasteiger charge is -2.03. The summed E-state index contributed by atoms with van der Waals surface area (Å²) < 4.78 is 3.93. The van der Waals surface area contributed by atoms with Crippen LogP contribution in [0.1, 0.15) is 11.3 Å². The SMILES string of the molecule is Cc1cc(C)n2c(N)c(-c3cn4ccccc4n3)nc2c1. The van der Waals surface area contributed by atoms with Crippen molar-refractivity contribution in [2.75, 3.05) is 5.73 Å². The molecule has 4 aromatic rings. The minimum atomic E-state index is 0.630. The summed E-state index contributed by atoms with van der Waals surface area (Å²) in [6.45, 7) is 4.09. The van der Waals surface area contributed by atoms with Crippen molar-refractivity contribution in [1.82, 2.24) is 18.8 Å². The Morgan fingerprint density at radius 3 is 2.71 bits per heavy atom. The highest BCUT2D eigenvalue weighted by atomic mass is 15.1. The fourth-order valence-corrected chi connectivity index (χ4v) is 2.80. The maximum atomic E-state index is 6.29. The molecule has 4 aromatic heterocycles. The van der Waals surface area contributed by atoms with E-state index < -0.39 is 0 Å². The van der Waals surface area contributed by atoms with Gasteiger partial charge in [-0.1, -0.05) is 6.07 Å². The van der Waals surface area contributed by atoms with Crippen LogP contribution in [-0.4, -0.2) is 18.8 Å². The van der Waals surface area contributed by atoms with E-state index in [0.717, 1.165) is 28.4 Å². The molecule has 4 heterocycles. The summed E-state index contributed by atoms with van der Waals surface area (Å²) in [5, 5.41) is 0. The molecule has 4 rings (SSSR count). The number of aryl methyl sites for hydroxylation is 2. The first kappa shape index (κ1) is 12.0. The summed E-state index contributed by atoms with van der Waals surface area (Å²) in [5.41, 5.74) is 11.8. The van der Waals surface area contributed by atoms with Crippen LogP contribution in [0.15, 0.2) is 42.7 Å². The minimum Gasteiger partial charge on any atom is -0.383 e. The van der Waals surface area contributed by atoms with Gasteiger partial charge in [0.05, 0.1) is 0 Å². The van der Waals surface area contributed by atoms with Crippen molar-refractivity contribution in [3.05, 3.63) is 54.0 Å². The summed E-state index contributed by atoms with van der Waals surface area (Å²) >= 11 is 0. The fraction of sp³-hybridized carbons (Fsp3) is 0.125. The van der Waals surface area contributed by atoms with E-state index in [9.17, 15) is 0 Å². The molecule has 0 saturated carbocycles. The summed E-state index contributed by atoms with van der Waals surface area (Å²) in [5.74, 6) is 0.630. The van der Waals surface area contributed by atoms with Gasteiger partial charge >= 0.3 is 0 Å². The molecule has 2 N–H and O–H groups in total. The van der Waals surface area contributed by atoms with Gasteiger partial charge in [-0.3, -0.25) is 4.40 Å². The van der Waals surface area contributed by atoms with Gasteiger partial charge in [0.25, 0.3) is 0 Å². The van der Waals surface area contributed by atoms with Crippen molar-refractivity contribution in [2.24, 2.45) is 0 Å². The number of nitrogens with zero attached hydrogens (tertiary/aromatic N) is 4. The maximum absolute atomic E-state index is 6.29. The van der Waals surface area contributed by atoms with Crippen molar-refractivity contribution >= 4 is 17.1 Å². The lowest BCUT2D eigenvalue weighted by molar-refractivity contribution is 1.09. The quantitative estimate of drug-likeness (QED) is 0.582. The van der Waals surface area contributed by atoms with E-state index in [1.54, 1.807) is 0 Å². The third-order valence-corrected chi connectivity index (χ3v) is 3.69. The number of hydrogen-bond acceptors (Lipinski definition) is 3. The Balaban J connectivity index is 2.02. The second-order valence-corrected chi connectivity index (χ2v) is 5.31. The molecule has 0 aromatic carbocycles. The van der Waals surface area contributed by atoms with E-state index in [4.69, 9.17) is 5.73 Å². The third kappa shape index (κ3) is 1.71. The van der Waals surface area contributed by atoms with Crippen molar-refractivity contribution in [3.63, 3.8) is 0 Å². The molecular weight excluding hydrogens is 262 g/mol. The Labute approximate surface area is 121 Å². The van der Waals surface area contributed by atoms with Gasteiger partial charge < -0.3 is 10.1 Å². The number of nitrogens with two attached hydrogens (primary N) is 1. The van der Waals surface area contributed by atoms with Crippen LogP contribution >= 0.6 is 0 Å². The lowest BCUT2D eigenvalue weighted by Crippen LogP contribution is -1.98. The number of pyridine rings is 2. The fourth-order valence-electron chi connectivity index (χ4n) is 2.80. The predicted molar refractivity (Wildman–Crippen MR) is 83.3 cm³/mol. The Hall–Kier alpha value is -2.82. The predicted octanol–water partition coefficient (Wildman–Crippen LogP) is 2.85. The average Bonchev–Trinajstić information content (AvgIpc) is 2.99. The molecule has 0 radical (unpaired) electrons. The van der Waals surface area contributed by atoms with Gasteiger partial charge in [-0.05, 0) is 43.7 Å². The molecule has 0 fully saturated rings. The average molecular weight is 277 g/mol. The van der Waals surface area contributed by atoms with Crippen LogP contribution in [0.2, 0.25) is 0 Å². The minimum absolute atomic E-state index is 0.630. The molecule has 0 bridgehead atoms. The van der Waals surface area contributed by atoms with E-state index in [-0.39, 0.29) is 0 Å². The summed E-state index contributed by atoms with van der Waals surface area (Å²) in [7, 11) is 0. The van der Waals surface area contributed by atoms with Crippen LogP contribution in [-0.2, 0) is 0 Å². The van der Waals surface area contributed by atoms with Gasteiger partial charge in [0.15, 0.2) is 0 Å². The maximum Gasteiger partial charge on any atom is 0.139 e. The van der Waals surface area contributed by atoms with Crippen LogP contribution in [0, 0.1) is 13.8 Å². The van der Waals surface area contributed by atoms with Crippen LogP contribution < -0.4 is 5.73 Å². The molecule has 0 unspecified atom stereocenters. The standard InChI is InChI=1S/C16H15N5/c1-10-7-11(2)21-14(8-10)19-15(16(21)17)12-9-20-6-4-3-5-13(20)18-12/h3-9H,17H2,1-2H3. The van der Waals surface area contributed by atoms with E-state index in [1.807, 2.05) is 52.4 Å². The highest BCUT2D eigenvalue weighted by Crippen LogP contribution is 2.27. The Bertz CT molecular complexity index is 944. The topological polar surface area (TPSA) is 60.6 Å².